The van der Waals surface area contributed by atoms with Crippen LogP contribution in [0, 0.1) is 13.7 Å². The molecule has 1 N–H and O–H groups in total. The van der Waals surface area contributed by atoms with Gasteiger partial charge in [-0.3, -0.25) is 15.4 Å². The van der Waals surface area contributed by atoms with E-state index in [9.17, 15) is 14.9 Å². The Labute approximate surface area is 117 Å². The van der Waals surface area contributed by atoms with Crippen LogP contribution < -0.4 is 5.32 Å². The molecule has 0 bridgehead atoms. The molecule has 1 amide bonds. The van der Waals surface area contributed by atoms with Crippen LogP contribution >= 0.6 is 22.6 Å². The third-order valence-electron chi connectivity index (χ3n) is 1.66. The van der Waals surface area contributed by atoms with Crippen molar-refractivity contribution in [3.63, 3.8) is 0 Å². The highest BCUT2D eigenvalue weighted by atomic mass is 127. The van der Waals surface area contributed by atoms with E-state index in [1.807, 2.05) is 22.6 Å². The summed E-state index contributed by atoms with van der Waals surface area (Å²) in [5.41, 5.74) is -0.745. The Bertz CT molecular complexity index is 485. The van der Waals surface area contributed by atoms with Crippen LogP contribution in [-0.4, -0.2) is 21.6 Å². The van der Waals surface area contributed by atoms with Crippen molar-refractivity contribution in [1.29, 1.82) is 0 Å². The van der Waals surface area contributed by atoms with Crippen molar-refractivity contribution >= 4 is 40.2 Å². The third-order valence-corrected chi connectivity index (χ3v) is 2.48. The molecule has 0 saturated carbocycles. The van der Waals surface area contributed by atoms with Crippen molar-refractivity contribution in [1.82, 2.24) is 4.98 Å². The van der Waals surface area contributed by atoms with Crippen LogP contribution in [0.5, 0.6) is 0 Å². The Morgan fingerprint density at radius 1 is 1.56 bits per heavy atom. The molecule has 0 saturated heterocycles. The number of hydrogen-bond acceptors (Lipinski definition) is 5. The summed E-state index contributed by atoms with van der Waals surface area (Å²) in [4.78, 5) is 25.3. The highest BCUT2D eigenvalue weighted by Gasteiger charge is 2.18. The standard InChI is InChI=1S/C10H12IN3O4/c1-10(2,3)18-9(15)13-8-7(11)4-6(5-12-8)14(16)17/h4-5H,1-3H3,(H,12,13,15). The van der Waals surface area contributed by atoms with Crippen LogP contribution in [-0.2, 0) is 4.74 Å². The summed E-state index contributed by atoms with van der Waals surface area (Å²) < 4.78 is 5.51. The van der Waals surface area contributed by atoms with E-state index in [0.29, 0.717) is 3.57 Å². The van der Waals surface area contributed by atoms with E-state index in [1.165, 1.54) is 6.07 Å². The Morgan fingerprint density at radius 2 is 2.17 bits per heavy atom. The van der Waals surface area contributed by atoms with Crippen molar-refractivity contribution < 1.29 is 14.5 Å². The minimum Gasteiger partial charge on any atom is -0.444 e. The molecule has 98 valence electrons. The van der Waals surface area contributed by atoms with Gasteiger partial charge in [0.1, 0.15) is 17.6 Å². The van der Waals surface area contributed by atoms with Crippen molar-refractivity contribution in [2.24, 2.45) is 0 Å². The summed E-state index contributed by atoms with van der Waals surface area (Å²) >= 11 is 1.85. The molecule has 0 fully saturated rings. The van der Waals surface area contributed by atoms with Crippen LogP contribution in [0.15, 0.2) is 12.3 Å². The zero-order valence-electron chi connectivity index (χ0n) is 10.1. The Kier molecular flexibility index (Phi) is 4.43. The Hall–Kier alpha value is -1.45. The number of hydrogen-bond donors (Lipinski definition) is 1. The van der Waals surface area contributed by atoms with Crippen molar-refractivity contribution in [3.8, 4) is 0 Å². The molecule has 0 aromatic carbocycles. The van der Waals surface area contributed by atoms with Gasteiger partial charge in [-0.25, -0.2) is 9.78 Å². The summed E-state index contributed by atoms with van der Waals surface area (Å²) in [6.45, 7) is 5.21. The van der Waals surface area contributed by atoms with Crippen LogP contribution in [0.4, 0.5) is 16.3 Å². The molecular weight excluding hydrogens is 353 g/mol. The molecule has 1 heterocycles. The molecule has 1 aromatic heterocycles. The smallest absolute Gasteiger partial charge is 0.413 e. The van der Waals surface area contributed by atoms with Crippen molar-refractivity contribution in [2.75, 3.05) is 5.32 Å². The monoisotopic (exact) mass is 365 g/mol. The molecule has 0 aliphatic rings. The van der Waals surface area contributed by atoms with Crippen LogP contribution in [0.3, 0.4) is 0 Å². The van der Waals surface area contributed by atoms with E-state index in [4.69, 9.17) is 4.74 Å². The predicted octanol–water partition coefficient (Wildman–Crippen LogP) is 2.94. The lowest BCUT2D eigenvalue weighted by molar-refractivity contribution is -0.385. The Morgan fingerprint density at radius 3 is 2.61 bits per heavy atom. The molecule has 0 spiro atoms. The van der Waals surface area contributed by atoms with Gasteiger partial charge in [0.2, 0.25) is 0 Å². The van der Waals surface area contributed by atoms with Gasteiger partial charge in [0.15, 0.2) is 0 Å². The first-order valence-electron chi connectivity index (χ1n) is 4.99. The van der Waals surface area contributed by atoms with E-state index in [1.54, 1.807) is 20.8 Å². The number of nitrogens with one attached hydrogen (secondary N) is 1. The first kappa shape index (κ1) is 14.6. The zero-order chi connectivity index (χ0) is 13.9. The SMILES string of the molecule is CC(C)(C)OC(=O)Nc1ncc([N+](=O)[O-])cc1I. The average molecular weight is 365 g/mol. The lowest BCUT2D eigenvalue weighted by Gasteiger charge is -2.19. The third kappa shape index (κ3) is 4.43. The quantitative estimate of drug-likeness (QED) is 0.494. The highest BCUT2D eigenvalue weighted by molar-refractivity contribution is 14.1. The molecule has 0 aliphatic heterocycles. The molecule has 0 radical (unpaired) electrons. The number of rotatable bonds is 2. The van der Waals surface area contributed by atoms with Gasteiger partial charge in [-0.2, -0.15) is 0 Å². The Balaban J connectivity index is 2.80. The van der Waals surface area contributed by atoms with Gasteiger partial charge < -0.3 is 4.74 Å². The average Bonchev–Trinajstić information content (AvgIpc) is 2.17. The maximum absolute atomic E-state index is 11.5. The number of halogens is 1. The highest BCUT2D eigenvalue weighted by Crippen LogP contribution is 2.21. The number of nitrogens with zero attached hydrogens (tertiary/aromatic N) is 2. The van der Waals surface area contributed by atoms with E-state index in [-0.39, 0.29) is 11.5 Å². The molecule has 1 aromatic rings. The number of anilines is 1. The fraction of sp³-hybridized carbons (Fsp3) is 0.400. The second-order valence-electron chi connectivity index (χ2n) is 4.41. The first-order valence-corrected chi connectivity index (χ1v) is 6.07. The van der Waals surface area contributed by atoms with E-state index in [0.717, 1.165) is 6.20 Å². The molecule has 0 unspecified atom stereocenters. The largest absolute Gasteiger partial charge is 0.444 e. The summed E-state index contributed by atoms with van der Waals surface area (Å²) in [5, 5.41) is 13.0. The number of amides is 1. The number of carbonyl (C=O) groups excluding carboxylic acids is 1. The number of aromatic nitrogens is 1. The van der Waals surface area contributed by atoms with E-state index < -0.39 is 16.6 Å². The van der Waals surface area contributed by atoms with E-state index >= 15 is 0 Å². The second kappa shape index (κ2) is 5.46. The summed E-state index contributed by atoms with van der Waals surface area (Å²) in [6, 6.07) is 1.32. The van der Waals surface area contributed by atoms with Crippen molar-refractivity contribution in [3.05, 3.63) is 25.9 Å². The second-order valence-corrected chi connectivity index (χ2v) is 5.57. The molecule has 18 heavy (non-hydrogen) atoms. The minimum absolute atomic E-state index is 0.130. The van der Waals surface area contributed by atoms with E-state index in [2.05, 4.69) is 10.3 Å². The van der Waals surface area contributed by atoms with Gasteiger partial charge in [0, 0.05) is 6.07 Å². The van der Waals surface area contributed by atoms with Crippen LogP contribution in [0.2, 0.25) is 0 Å². The maximum Gasteiger partial charge on any atom is 0.413 e. The zero-order valence-corrected chi connectivity index (χ0v) is 12.2. The lowest BCUT2D eigenvalue weighted by Crippen LogP contribution is -2.27. The summed E-state index contributed by atoms with van der Waals surface area (Å²) in [5.74, 6) is 0.232. The van der Waals surface area contributed by atoms with Gasteiger partial charge in [-0.1, -0.05) is 0 Å². The topological polar surface area (TPSA) is 94.4 Å². The maximum atomic E-state index is 11.5. The predicted molar refractivity (Wildman–Crippen MR) is 73.5 cm³/mol. The van der Waals surface area contributed by atoms with Gasteiger partial charge in [0.05, 0.1) is 8.49 Å². The van der Waals surface area contributed by atoms with Gasteiger partial charge in [-0.15, -0.1) is 0 Å². The molecular formula is C10H12IN3O4. The summed E-state index contributed by atoms with van der Waals surface area (Å²) in [7, 11) is 0. The molecule has 8 heteroatoms. The number of nitro groups is 1. The molecule has 1 rings (SSSR count). The minimum atomic E-state index is -0.651. The normalized spacial score (nSPS) is 10.9. The van der Waals surface area contributed by atoms with Crippen molar-refractivity contribution in [2.45, 2.75) is 26.4 Å². The molecule has 0 atom stereocenters. The van der Waals surface area contributed by atoms with Gasteiger partial charge in [-0.05, 0) is 43.4 Å². The van der Waals surface area contributed by atoms with Crippen LogP contribution in [0.1, 0.15) is 20.8 Å². The van der Waals surface area contributed by atoms with Gasteiger partial charge >= 0.3 is 6.09 Å². The lowest BCUT2D eigenvalue weighted by atomic mass is 10.2. The number of carbonyl (C=O) groups is 1. The van der Waals surface area contributed by atoms with Gasteiger partial charge in [0.25, 0.3) is 5.69 Å². The molecule has 7 nitrogen and oxygen atoms in total. The fourth-order valence-corrected chi connectivity index (χ4v) is 1.61. The van der Waals surface area contributed by atoms with Crippen LogP contribution in [0.25, 0.3) is 0 Å². The molecule has 0 aliphatic carbocycles. The fourth-order valence-electron chi connectivity index (χ4n) is 1.02. The number of pyridine rings is 1. The summed E-state index contributed by atoms with van der Waals surface area (Å²) in [6.07, 6.45) is 0.427. The number of ether oxygens (including phenoxy) is 1. The first-order chi connectivity index (χ1) is 8.19.